The Hall–Kier alpha value is -1.77. The molecule has 2 heterocycles. The van der Waals surface area contributed by atoms with Crippen molar-refractivity contribution in [3.8, 4) is 0 Å². The molecule has 20 heavy (non-hydrogen) atoms. The Labute approximate surface area is 120 Å². The van der Waals surface area contributed by atoms with Crippen LogP contribution in [-0.4, -0.2) is 29.0 Å². The average molecular weight is 270 g/mol. The molecule has 0 aliphatic carbocycles. The zero-order chi connectivity index (χ0) is 14.4. The highest BCUT2D eigenvalue weighted by Gasteiger charge is 2.26. The Bertz CT molecular complexity index is 697. The van der Waals surface area contributed by atoms with E-state index >= 15 is 0 Å². The van der Waals surface area contributed by atoms with Crippen LogP contribution in [0.4, 0.5) is 0 Å². The molecule has 3 rings (SSSR count). The highest BCUT2D eigenvalue weighted by atomic mass is 16.2. The van der Waals surface area contributed by atoms with Gasteiger partial charge in [-0.25, -0.2) is 0 Å². The summed E-state index contributed by atoms with van der Waals surface area (Å²) in [5.74, 6) is 0.164. The molecule has 0 saturated heterocycles. The van der Waals surface area contributed by atoms with Crippen molar-refractivity contribution >= 4 is 16.8 Å². The van der Waals surface area contributed by atoms with E-state index in [4.69, 9.17) is 0 Å². The fourth-order valence-corrected chi connectivity index (χ4v) is 3.49. The molecule has 106 valence electrons. The number of carbonyl (C=O) groups excluding carboxylic acids is 1. The lowest BCUT2D eigenvalue weighted by Gasteiger charge is -2.21. The lowest BCUT2D eigenvalue weighted by molar-refractivity contribution is 0.0778. The Morgan fingerprint density at radius 1 is 1.05 bits per heavy atom. The predicted octanol–water partition coefficient (Wildman–Crippen LogP) is 3.20. The van der Waals surface area contributed by atoms with Gasteiger partial charge in [0.05, 0.1) is 5.52 Å². The normalized spacial score (nSPS) is 16.2. The van der Waals surface area contributed by atoms with Crippen LogP contribution in [0.2, 0.25) is 0 Å². The SMILES string of the molecule is Cc1ccc(C)c2c1c1c(n2C)C(=O)N(C)CCCC1. The summed E-state index contributed by atoms with van der Waals surface area (Å²) in [7, 11) is 3.94. The topological polar surface area (TPSA) is 25.2 Å². The molecule has 0 fully saturated rings. The minimum Gasteiger partial charge on any atom is -0.340 e. The van der Waals surface area contributed by atoms with Gasteiger partial charge in [0.25, 0.3) is 5.91 Å². The van der Waals surface area contributed by atoms with Crippen molar-refractivity contribution in [2.24, 2.45) is 7.05 Å². The monoisotopic (exact) mass is 270 g/mol. The lowest BCUT2D eigenvalue weighted by atomic mass is 9.98. The quantitative estimate of drug-likeness (QED) is 0.721. The summed E-state index contributed by atoms with van der Waals surface area (Å²) in [6.45, 7) is 5.13. The summed E-state index contributed by atoms with van der Waals surface area (Å²) >= 11 is 0. The van der Waals surface area contributed by atoms with E-state index < -0.39 is 0 Å². The number of hydrogen-bond acceptors (Lipinski definition) is 1. The van der Waals surface area contributed by atoms with Crippen LogP contribution in [0.5, 0.6) is 0 Å². The number of rotatable bonds is 0. The van der Waals surface area contributed by atoms with Crippen molar-refractivity contribution in [3.63, 3.8) is 0 Å². The molecule has 0 unspecified atom stereocenters. The van der Waals surface area contributed by atoms with Gasteiger partial charge in [-0.15, -0.1) is 0 Å². The van der Waals surface area contributed by atoms with E-state index in [2.05, 4.69) is 30.5 Å². The van der Waals surface area contributed by atoms with E-state index in [1.165, 1.54) is 27.6 Å². The van der Waals surface area contributed by atoms with Crippen molar-refractivity contribution in [1.82, 2.24) is 9.47 Å². The van der Waals surface area contributed by atoms with Crippen molar-refractivity contribution in [3.05, 3.63) is 34.5 Å². The molecule has 0 bridgehead atoms. The molecule has 2 aromatic rings. The molecule has 3 nitrogen and oxygen atoms in total. The van der Waals surface area contributed by atoms with Gasteiger partial charge < -0.3 is 9.47 Å². The average Bonchev–Trinajstić information content (AvgIpc) is 2.70. The summed E-state index contributed by atoms with van der Waals surface area (Å²) in [5, 5.41) is 1.30. The number of fused-ring (bicyclic) bond motifs is 3. The van der Waals surface area contributed by atoms with Crippen LogP contribution in [0.25, 0.3) is 10.9 Å². The summed E-state index contributed by atoms with van der Waals surface area (Å²) < 4.78 is 2.11. The van der Waals surface area contributed by atoms with Gasteiger partial charge in [-0.2, -0.15) is 0 Å². The second-order valence-corrected chi connectivity index (χ2v) is 5.99. The van der Waals surface area contributed by atoms with Crippen LogP contribution in [0, 0.1) is 13.8 Å². The number of carbonyl (C=O) groups is 1. The Morgan fingerprint density at radius 3 is 2.50 bits per heavy atom. The summed E-state index contributed by atoms with van der Waals surface area (Å²) in [4.78, 5) is 14.6. The van der Waals surface area contributed by atoms with E-state index in [-0.39, 0.29) is 5.91 Å². The van der Waals surface area contributed by atoms with Gasteiger partial charge in [0, 0.05) is 26.0 Å². The van der Waals surface area contributed by atoms with Gasteiger partial charge in [-0.3, -0.25) is 4.79 Å². The molecule has 0 spiro atoms. The molecule has 0 saturated carbocycles. The second kappa shape index (κ2) is 4.65. The molecular formula is C17H22N2O. The minimum absolute atomic E-state index is 0.164. The maximum absolute atomic E-state index is 12.7. The third kappa shape index (κ3) is 1.76. The summed E-state index contributed by atoms with van der Waals surface area (Å²) in [6, 6.07) is 4.32. The van der Waals surface area contributed by atoms with Gasteiger partial charge in [-0.1, -0.05) is 12.1 Å². The first kappa shape index (κ1) is 13.2. The van der Waals surface area contributed by atoms with E-state index in [0.29, 0.717) is 0 Å². The minimum atomic E-state index is 0.164. The smallest absolute Gasteiger partial charge is 0.270 e. The maximum Gasteiger partial charge on any atom is 0.270 e. The van der Waals surface area contributed by atoms with E-state index in [1.807, 2.05) is 19.0 Å². The first-order chi connectivity index (χ1) is 9.52. The third-order valence-electron chi connectivity index (χ3n) is 4.57. The Balaban J connectivity index is 2.40. The van der Waals surface area contributed by atoms with Crippen LogP contribution in [-0.2, 0) is 13.5 Å². The second-order valence-electron chi connectivity index (χ2n) is 5.99. The third-order valence-corrected chi connectivity index (χ3v) is 4.57. The summed E-state index contributed by atoms with van der Waals surface area (Å²) in [5.41, 5.74) is 5.88. The van der Waals surface area contributed by atoms with Gasteiger partial charge >= 0.3 is 0 Å². The van der Waals surface area contributed by atoms with Crippen molar-refractivity contribution in [2.75, 3.05) is 13.6 Å². The molecule has 0 N–H and O–H groups in total. The molecule has 1 aromatic carbocycles. The molecule has 0 atom stereocenters. The van der Waals surface area contributed by atoms with Crippen LogP contribution < -0.4 is 0 Å². The first-order valence-corrected chi connectivity index (χ1v) is 7.35. The van der Waals surface area contributed by atoms with Crippen molar-refractivity contribution in [1.29, 1.82) is 0 Å². The number of aromatic nitrogens is 1. The van der Waals surface area contributed by atoms with Crippen LogP contribution >= 0.6 is 0 Å². The zero-order valence-electron chi connectivity index (χ0n) is 12.8. The summed E-state index contributed by atoms with van der Waals surface area (Å²) in [6.07, 6.45) is 3.25. The predicted molar refractivity (Wildman–Crippen MR) is 82.3 cm³/mol. The number of nitrogens with zero attached hydrogens (tertiary/aromatic N) is 2. The molecule has 1 aliphatic rings. The first-order valence-electron chi connectivity index (χ1n) is 7.35. The zero-order valence-corrected chi connectivity index (χ0v) is 12.8. The number of benzene rings is 1. The number of aryl methyl sites for hydroxylation is 4. The van der Waals surface area contributed by atoms with Gasteiger partial charge in [0.15, 0.2) is 0 Å². The van der Waals surface area contributed by atoms with Crippen molar-refractivity contribution in [2.45, 2.75) is 33.1 Å². The van der Waals surface area contributed by atoms with Crippen molar-refractivity contribution < 1.29 is 4.79 Å². The molecule has 1 amide bonds. The van der Waals surface area contributed by atoms with E-state index in [9.17, 15) is 4.79 Å². The van der Waals surface area contributed by atoms with Crippen LogP contribution in [0.15, 0.2) is 12.1 Å². The van der Waals surface area contributed by atoms with E-state index in [0.717, 1.165) is 31.5 Å². The molecule has 1 aliphatic heterocycles. The van der Waals surface area contributed by atoms with Gasteiger partial charge in [0.1, 0.15) is 5.69 Å². The molecule has 0 radical (unpaired) electrons. The van der Waals surface area contributed by atoms with Crippen LogP contribution in [0.3, 0.4) is 0 Å². The Kier molecular flexibility index (Phi) is 3.08. The van der Waals surface area contributed by atoms with Gasteiger partial charge in [-0.05, 0) is 49.8 Å². The standard InChI is InChI=1S/C17H22N2O/c1-11-8-9-12(2)15-14(11)13-7-5-6-10-18(3)17(20)16(13)19(15)4/h8-9H,5-7,10H2,1-4H3. The van der Waals surface area contributed by atoms with E-state index in [1.54, 1.807) is 0 Å². The number of hydrogen-bond donors (Lipinski definition) is 0. The fourth-order valence-electron chi connectivity index (χ4n) is 3.49. The van der Waals surface area contributed by atoms with Gasteiger partial charge in [0.2, 0.25) is 0 Å². The highest BCUT2D eigenvalue weighted by Crippen LogP contribution is 2.33. The largest absolute Gasteiger partial charge is 0.340 e. The maximum atomic E-state index is 12.7. The lowest BCUT2D eigenvalue weighted by Crippen LogP contribution is -2.31. The molecular weight excluding hydrogens is 248 g/mol. The highest BCUT2D eigenvalue weighted by molar-refractivity contribution is 6.03. The Morgan fingerprint density at radius 2 is 1.75 bits per heavy atom. The fraction of sp³-hybridized carbons (Fsp3) is 0.471. The molecule has 3 heteroatoms. The molecule has 1 aromatic heterocycles. The van der Waals surface area contributed by atoms with Crippen LogP contribution in [0.1, 0.15) is 40.0 Å². The number of amides is 1.